The summed E-state index contributed by atoms with van der Waals surface area (Å²) < 4.78 is 26.3. The second-order valence-corrected chi connectivity index (χ2v) is 15.8. The van der Waals surface area contributed by atoms with Gasteiger partial charge in [0.2, 0.25) is 33.5 Å². The van der Waals surface area contributed by atoms with Gasteiger partial charge in [0.15, 0.2) is 0 Å². The first-order valence-corrected chi connectivity index (χ1v) is 16.9. The predicted octanol–water partition coefficient (Wildman–Crippen LogP) is 1.12. The molecule has 1 aliphatic carbocycles. The standard InChI is InChI=1S/C30H51N5O7S/c1-11-13-19(23(36)27(39)31-14-12-2)32-26(38)22-21-18(30(21,8)9)16-35(22)28(40)24(29(5,6)7)33-25(37)20(15-17(3)4)34-43(10,41)42/h12,17-22,24,34H,2,11,13-16H2,1,3-10H3,(H,31,39)(H,32,38)(H,33,37)/t18-,19?,20-,21?,22-,24+/m0/s1. The fraction of sp³-hybridized carbons (Fsp3) is 0.767. The minimum absolute atomic E-state index is 0.00702. The van der Waals surface area contributed by atoms with E-state index in [1.807, 2.05) is 34.6 Å². The number of carbonyl (C=O) groups is 5. The van der Waals surface area contributed by atoms with E-state index >= 15 is 0 Å². The third-order valence-electron chi connectivity index (χ3n) is 8.38. The van der Waals surface area contributed by atoms with E-state index in [1.165, 1.54) is 11.0 Å². The molecular formula is C30H51N5O7S. The molecule has 1 aliphatic heterocycles. The van der Waals surface area contributed by atoms with Gasteiger partial charge in [-0.1, -0.05) is 67.9 Å². The summed E-state index contributed by atoms with van der Waals surface area (Å²) in [4.78, 5) is 68.1. The Labute approximate surface area is 256 Å². The van der Waals surface area contributed by atoms with E-state index in [0.717, 1.165) is 6.26 Å². The monoisotopic (exact) mass is 625 g/mol. The van der Waals surface area contributed by atoms with Crippen LogP contribution in [0.25, 0.3) is 0 Å². The van der Waals surface area contributed by atoms with Crippen LogP contribution in [0, 0.1) is 28.6 Å². The summed E-state index contributed by atoms with van der Waals surface area (Å²) in [5.41, 5.74) is -1.000. The highest BCUT2D eigenvalue weighted by Crippen LogP contribution is 2.65. The molecule has 6 atom stereocenters. The third kappa shape index (κ3) is 9.10. The average Bonchev–Trinajstić information content (AvgIpc) is 3.20. The molecule has 2 aliphatic rings. The zero-order valence-electron chi connectivity index (χ0n) is 27.1. The summed E-state index contributed by atoms with van der Waals surface area (Å²) in [7, 11) is -3.71. The number of nitrogens with zero attached hydrogens (tertiary/aromatic N) is 1. The van der Waals surface area contributed by atoms with Crippen molar-refractivity contribution in [2.75, 3.05) is 19.3 Å². The van der Waals surface area contributed by atoms with E-state index in [4.69, 9.17) is 0 Å². The molecule has 2 rings (SSSR count). The van der Waals surface area contributed by atoms with Crippen LogP contribution >= 0.6 is 0 Å². The molecule has 4 amide bonds. The van der Waals surface area contributed by atoms with Crippen molar-refractivity contribution in [3.8, 4) is 0 Å². The Morgan fingerprint density at radius 1 is 1.07 bits per heavy atom. The van der Waals surface area contributed by atoms with Gasteiger partial charge in [-0.2, -0.15) is 0 Å². The number of likely N-dealkylation sites (tertiary alicyclic amines) is 1. The second-order valence-electron chi connectivity index (χ2n) is 14.0. The van der Waals surface area contributed by atoms with E-state index in [1.54, 1.807) is 20.8 Å². The number of ketones is 1. The van der Waals surface area contributed by atoms with Gasteiger partial charge in [-0.3, -0.25) is 24.0 Å². The van der Waals surface area contributed by atoms with Gasteiger partial charge in [0.05, 0.1) is 12.3 Å². The first-order valence-electron chi connectivity index (χ1n) is 15.0. The highest BCUT2D eigenvalue weighted by molar-refractivity contribution is 7.88. The van der Waals surface area contributed by atoms with Crippen molar-refractivity contribution in [2.45, 2.75) is 98.8 Å². The van der Waals surface area contributed by atoms with Crippen LogP contribution in [0.1, 0.15) is 74.7 Å². The van der Waals surface area contributed by atoms with E-state index in [9.17, 15) is 32.4 Å². The number of hydrogen-bond donors (Lipinski definition) is 4. The Bertz CT molecular complexity index is 1210. The van der Waals surface area contributed by atoms with Gasteiger partial charge in [0.1, 0.15) is 18.1 Å². The van der Waals surface area contributed by atoms with Gasteiger partial charge < -0.3 is 20.9 Å². The zero-order chi connectivity index (χ0) is 33.1. The molecule has 13 heteroatoms. The number of piperidine rings is 1. The van der Waals surface area contributed by atoms with E-state index in [0.29, 0.717) is 13.0 Å². The van der Waals surface area contributed by atoms with Crippen LogP contribution in [-0.2, 0) is 34.0 Å². The molecule has 0 aromatic heterocycles. The van der Waals surface area contributed by atoms with Crippen LogP contribution < -0.4 is 20.7 Å². The second kappa shape index (κ2) is 13.9. The number of carbonyl (C=O) groups excluding carboxylic acids is 5. The molecule has 0 radical (unpaired) electrons. The lowest BCUT2D eigenvalue weighted by Gasteiger charge is -2.38. The number of Topliss-reactive ketones (excluding diaryl/α,β-unsaturated/α-hetero) is 1. The Morgan fingerprint density at radius 3 is 2.16 bits per heavy atom. The lowest BCUT2D eigenvalue weighted by molar-refractivity contribution is -0.146. The van der Waals surface area contributed by atoms with Gasteiger partial charge in [-0.05, 0) is 41.4 Å². The number of fused-ring (bicyclic) bond motifs is 1. The molecule has 4 N–H and O–H groups in total. The van der Waals surface area contributed by atoms with Gasteiger partial charge in [-0.15, -0.1) is 6.58 Å². The molecule has 0 bridgehead atoms. The van der Waals surface area contributed by atoms with Crippen molar-refractivity contribution in [3.63, 3.8) is 0 Å². The van der Waals surface area contributed by atoms with Crippen molar-refractivity contribution in [1.29, 1.82) is 0 Å². The van der Waals surface area contributed by atoms with Crippen LogP contribution in [0.3, 0.4) is 0 Å². The van der Waals surface area contributed by atoms with Crippen LogP contribution in [0.5, 0.6) is 0 Å². The summed E-state index contributed by atoms with van der Waals surface area (Å²) in [5, 5.41) is 7.98. The van der Waals surface area contributed by atoms with E-state index in [2.05, 4.69) is 27.3 Å². The number of nitrogens with one attached hydrogen (secondary N) is 4. The molecule has 43 heavy (non-hydrogen) atoms. The number of sulfonamides is 1. The van der Waals surface area contributed by atoms with Crippen molar-refractivity contribution in [3.05, 3.63) is 12.7 Å². The molecule has 2 fully saturated rings. The van der Waals surface area contributed by atoms with E-state index < -0.39 is 69.0 Å². The van der Waals surface area contributed by atoms with Crippen LogP contribution in [0.4, 0.5) is 0 Å². The topological polar surface area (TPSA) is 171 Å². The van der Waals surface area contributed by atoms with Gasteiger partial charge >= 0.3 is 0 Å². The normalized spacial score (nSPS) is 23.0. The maximum Gasteiger partial charge on any atom is 0.289 e. The molecule has 0 spiro atoms. The Kier molecular flexibility index (Phi) is 11.7. The summed E-state index contributed by atoms with van der Waals surface area (Å²) in [5.74, 6) is -3.34. The van der Waals surface area contributed by atoms with Crippen molar-refractivity contribution in [1.82, 2.24) is 25.6 Å². The molecule has 0 aromatic rings. The zero-order valence-corrected chi connectivity index (χ0v) is 27.9. The quantitative estimate of drug-likeness (QED) is 0.156. The first kappa shape index (κ1) is 36.4. The number of rotatable bonds is 15. The molecule has 1 heterocycles. The summed E-state index contributed by atoms with van der Waals surface area (Å²) >= 11 is 0. The van der Waals surface area contributed by atoms with Crippen molar-refractivity contribution >= 4 is 39.4 Å². The number of amides is 4. The lowest BCUT2D eigenvalue weighted by Crippen LogP contribution is -2.62. The minimum Gasteiger partial charge on any atom is -0.346 e. The van der Waals surface area contributed by atoms with Crippen LogP contribution in [0.15, 0.2) is 12.7 Å². The molecule has 1 saturated carbocycles. The SMILES string of the molecule is C=CCNC(=O)C(=O)C(CCC)NC(=O)[C@@H]1C2[C@H](CN1C(=O)[C@@H](NC(=O)[C@H](CC(C)C)NS(C)(=O)=O)C(C)(C)C)C2(C)C. The van der Waals surface area contributed by atoms with Gasteiger partial charge in [0.25, 0.3) is 5.91 Å². The molecule has 2 unspecified atom stereocenters. The fourth-order valence-corrected chi connectivity index (χ4v) is 6.75. The Hall–Kier alpha value is -2.80. The van der Waals surface area contributed by atoms with Gasteiger partial charge in [0, 0.05) is 13.1 Å². The van der Waals surface area contributed by atoms with Gasteiger partial charge in [-0.25, -0.2) is 13.1 Å². The number of hydrogen-bond acceptors (Lipinski definition) is 7. The fourth-order valence-electron chi connectivity index (χ4n) is 6.03. The largest absolute Gasteiger partial charge is 0.346 e. The summed E-state index contributed by atoms with van der Waals surface area (Å²) in [6, 6.07) is -4.11. The molecular weight excluding hydrogens is 574 g/mol. The first-order chi connectivity index (χ1) is 19.7. The molecule has 1 saturated heterocycles. The molecule has 244 valence electrons. The van der Waals surface area contributed by atoms with Crippen molar-refractivity contribution < 1.29 is 32.4 Å². The maximum atomic E-state index is 14.2. The summed E-state index contributed by atoms with van der Waals surface area (Å²) in [6.45, 7) is 18.9. The molecule has 12 nitrogen and oxygen atoms in total. The lowest BCUT2D eigenvalue weighted by atomic mass is 9.84. The smallest absolute Gasteiger partial charge is 0.289 e. The third-order valence-corrected chi connectivity index (χ3v) is 9.09. The molecule has 0 aromatic carbocycles. The van der Waals surface area contributed by atoms with Crippen LogP contribution in [-0.4, -0.2) is 86.2 Å². The average molecular weight is 626 g/mol. The highest BCUT2D eigenvalue weighted by atomic mass is 32.2. The van der Waals surface area contributed by atoms with Crippen LogP contribution in [0.2, 0.25) is 0 Å². The predicted molar refractivity (Wildman–Crippen MR) is 164 cm³/mol. The Balaban J connectivity index is 2.36. The minimum atomic E-state index is -3.71. The highest BCUT2D eigenvalue weighted by Gasteiger charge is 2.70. The van der Waals surface area contributed by atoms with E-state index in [-0.39, 0.29) is 42.6 Å². The van der Waals surface area contributed by atoms with Crippen molar-refractivity contribution in [2.24, 2.45) is 28.6 Å². The summed E-state index contributed by atoms with van der Waals surface area (Å²) in [6.07, 6.45) is 3.43. The maximum absolute atomic E-state index is 14.2. The Morgan fingerprint density at radius 2 is 1.67 bits per heavy atom.